The quantitative estimate of drug-likeness (QED) is 0.868. The Balaban J connectivity index is 1.46. The maximum Gasteiger partial charge on any atom is 0.297 e. The lowest BCUT2D eigenvalue weighted by molar-refractivity contribution is -0.111. The van der Waals surface area contributed by atoms with Crippen LogP contribution in [-0.2, 0) is 0 Å². The predicted molar refractivity (Wildman–Crippen MR) is 81.8 cm³/mol. The molecule has 1 saturated heterocycles. The summed E-state index contributed by atoms with van der Waals surface area (Å²) in [5.41, 5.74) is 1.12. The van der Waals surface area contributed by atoms with Gasteiger partial charge in [-0.05, 0) is 43.7 Å². The Bertz CT molecular complexity index is 825. The molecule has 0 N–H and O–H groups in total. The number of hydrogen-bond donors (Lipinski definition) is 0. The molecule has 2 aliphatic carbocycles. The molecule has 2 aromatic heterocycles. The van der Waals surface area contributed by atoms with E-state index in [0.29, 0.717) is 28.6 Å². The Morgan fingerprint density at radius 3 is 2.67 bits per heavy atom. The Morgan fingerprint density at radius 1 is 1.25 bits per heavy atom. The average molecular weight is 332 g/mol. The molecule has 3 heterocycles. The van der Waals surface area contributed by atoms with E-state index in [2.05, 4.69) is 10.2 Å². The van der Waals surface area contributed by atoms with E-state index in [1.807, 2.05) is 4.90 Å². The number of aromatic nitrogens is 3. The van der Waals surface area contributed by atoms with Crippen LogP contribution in [-0.4, -0.2) is 38.0 Å². The standard InChI is InChI=1S/C17H18F2N4O/c18-14(19)15-21-20-12-5-4-11(8-22(12)15)16(24)23-9-17(6-1-7-17)13(23)10-2-3-10/h4-5,8,10,13-14H,1-3,6-7,9H2. The smallest absolute Gasteiger partial charge is 0.297 e. The molecular formula is C17H18F2N4O. The van der Waals surface area contributed by atoms with E-state index >= 15 is 0 Å². The highest BCUT2D eigenvalue weighted by Gasteiger charge is 2.61. The Hall–Kier alpha value is -2.05. The zero-order chi connectivity index (χ0) is 16.5. The van der Waals surface area contributed by atoms with Gasteiger partial charge in [-0.15, -0.1) is 10.2 Å². The summed E-state index contributed by atoms with van der Waals surface area (Å²) in [7, 11) is 0. The van der Waals surface area contributed by atoms with Gasteiger partial charge in [0.1, 0.15) is 0 Å². The highest BCUT2D eigenvalue weighted by molar-refractivity contribution is 5.95. The van der Waals surface area contributed by atoms with Crippen molar-refractivity contribution in [3.05, 3.63) is 29.7 Å². The number of alkyl halides is 2. The first-order chi connectivity index (χ1) is 11.6. The van der Waals surface area contributed by atoms with Gasteiger partial charge in [-0.25, -0.2) is 8.78 Å². The summed E-state index contributed by atoms with van der Waals surface area (Å²) in [5.74, 6) is 0.163. The fourth-order valence-corrected chi connectivity index (χ4v) is 4.55. The molecule has 3 aliphatic rings. The third-order valence-corrected chi connectivity index (χ3v) is 6.00. The fraction of sp³-hybridized carbons (Fsp3) is 0.588. The second-order valence-corrected chi connectivity index (χ2v) is 7.44. The van der Waals surface area contributed by atoms with Crippen molar-refractivity contribution in [3.8, 4) is 0 Å². The van der Waals surface area contributed by atoms with Gasteiger partial charge < -0.3 is 4.90 Å². The number of likely N-dealkylation sites (tertiary alicyclic amines) is 1. The number of pyridine rings is 1. The van der Waals surface area contributed by atoms with Crippen molar-refractivity contribution < 1.29 is 13.6 Å². The van der Waals surface area contributed by atoms with Crippen LogP contribution in [0, 0.1) is 11.3 Å². The third-order valence-electron chi connectivity index (χ3n) is 6.00. The van der Waals surface area contributed by atoms with E-state index in [4.69, 9.17) is 0 Å². The van der Waals surface area contributed by atoms with Gasteiger partial charge in [0, 0.05) is 24.2 Å². The number of nitrogens with zero attached hydrogens (tertiary/aromatic N) is 4. The van der Waals surface area contributed by atoms with Crippen LogP contribution < -0.4 is 0 Å². The topological polar surface area (TPSA) is 50.5 Å². The van der Waals surface area contributed by atoms with E-state index in [9.17, 15) is 13.6 Å². The number of carbonyl (C=O) groups excluding carboxylic acids is 1. The fourth-order valence-electron chi connectivity index (χ4n) is 4.55. The van der Waals surface area contributed by atoms with Gasteiger partial charge >= 0.3 is 0 Å². The van der Waals surface area contributed by atoms with Gasteiger partial charge in [-0.2, -0.15) is 0 Å². The molecule has 1 spiro atoms. The zero-order valence-corrected chi connectivity index (χ0v) is 13.2. The minimum Gasteiger partial charge on any atom is -0.334 e. The number of amides is 1. The molecule has 0 aromatic carbocycles. The van der Waals surface area contributed by atoms with Crippen LogP contribution in [0.3, 0.4) is 0 Å². The van der Waals surface area contributed by atoms with Crippen molar-refractivity contribution in [2.75, 3.05) is 6.54 Å². The summed E-state index contributed by atoms with van der Waals surface area (Å²) in [6.45, 7) is 0.814. The molecule has 5 rings (SSSR count). The maximum absolute atomic E-state index is 13.0. The van der Waals surface area contributed by atoms with Gasteiger partial charge in [0.05, 0.1) is 5.56 Å². The normalized spacial score (nSPS) is 25.1. The molecule has 1 amide bonds. The van der Waals surface area contributed by atoms with Crippen molar-refractivity contribution in [2.45, 2.75) is 44.6 Å². The van der Waals surface area contributed by atoms with Crippen LogP contribution in [0.5, 0.6) is 0 Å². The second kappa shape index (κ2) is 4.74. The minimum atomic E-state index is -2.72. The number of carbonyl (C=O) groups is 1. The summed E-state index contributed by atoms with van der Waals surface area (Å²) < 4.78 is 27.2. The van der Waals surface area contributed by atoms with Crippen molar-refractivity contribution in [3.63, 3.8) is 0 Å². The van der Waals surface area contributed by atoms with Crippen molar-refractivity contribution >= 4 is 11.6 Å². The van der Waals surface area contributed by atoms with Crippen LogP contribution in [0.25, 0.3) is 5.65 Å². The molecule has 0 bridgehead atoms. The Morgan fingerprint density at radius 2 is 2.04 bits per heavy atom. The molecule has 1 unspecified atom stereocenters. The van der Waals surface area contributed by atoms with Gasteiger partial charge in [0.2, 0.25) is 5.82 Å². The highest BCUT2D eigenvalue weighted by atomic mass is 19.3. The summed E-state index contributed by atoms with van der Waals surface area (Å²) in [4.78, 5) is 14.9. The predicted octanol–water partition coefficient (Wildman–Crippen LogP) is 3.07. The molecule has 126 valence electrons. The number of halogens is 2. The molecule has 0 radical (unpaired) electrons. The van der Waals surface area contributed by atoms with E-state index in [1.54, 1.807) is 12.1 Å². The minimum absolute atomic E-state index is 0.0553. The number of fused-ring (bicyclic) bond motifs is 1. The maximum atomic E-state index is 13.0. The van der Waals surface area contributed by atoms with Gasteiger partial charge in [0.15, 0.2) is 5.65 Å². The summed E-state index contributed by atoms with van der Waals surface area (Å²) in [5, 5.41) is 7.24. The molecular weight excluding hydrogens is 314 g/mol. The second-order valence-electron chi connectivity index (χ2n) is 7.44. The van der Waals surface area contributed by atoms with Crippen LogP contribution in [0.2, 0.25) is 0 Å². The molecule has 5 nitrogen and oxygen atoms in total. The van der Waals surface area contributed by atoms with Gasteiger partial charge in [-0.1, -0.05) is 6.42 Å². The van der Waals surface area contributed by atoms with Crippen molar-refractivity contribution in [2.24, 2.45) is 11.3 Å². The molecule has 24 heavy (non-hydrogen) atoms. The average Bonchev–Trinajstić information content (AvgIpc) is 3.20. The lowest BCUT2D eigenvalue weighted by Gasteiger charge is -2.63. The molecule has 2 aromatic rings. The lowest BCUT2D eigenvalue weighted by atomic mass is 9.56. The molecule has 1 aliphatic heterocycles. The van der Waals surface area contributed by atoms with E-state index < -0.39 is 12.2 Å². The number of hydrogen-bond acceptors (Lipinski definition) is 3. The Labute approximate surface area is 137 Å². The van der Waals surface area contributed by atoms with E-state index in [1.165, 1.54) is 42.7 Å². The monoisotopic (exact) mass is 332 g/mol. The summed E-state index contributed by atoms with van der Waals surface area (Å²) in [6, 6.07) is 3.60. The Kier molecular flexibility index (Phi) is 2.82. The third kappa shape index (κ3) is 1.87. The highest BCUT2D eigenvalue weighted by Crippen LogP contribution is 2.59. The van der Waals surface area contributed by atoms with Crippen molar-refractivity contribution in [1.29, 1.82) is 0 Å². The van der Waals surface area contributed by atoms with E-state index in [0.717, 1.165) is 6.54 Å². The molecule has 3 fully saturated rings. The van der Waals surface area contributed by atoms with Crippen molar-refractivity contribution in [1.82, 2.24) is 19.5 Å². The summed E-state index contributed by atoms with van der Waals surface area (Å²) in [6.07, 6.45) is 4.85. The number of rotatable bonds is 3. The zero-order valence-electron chi connectivity index (χ0n) is 13.2. The molecule has 7 heteroatoms. The van der Waals surface area contributed by atoms with Gasteiger partial charge in [-0.3, -0.25) is 9.20 Å². The lowest BCUT2D eigenvalue weighted by Crippen LogP contribution is -2.69. The van der Waals surface area contributed by atoms with Crippen LogP contribution >= 0.6 is 0 Å². The largest absolute Gasteiger partial charge is 0.334 e. The SMILES string of the molecule is O=C(c1ccc2nnc(C(F)F)n2c1)N1CC2(CCC2)C1C1CC1. The van der Waals surface area contributed by atoms with E-state index in [-0.39, 0.29) is 5.91 Å². The first-order valence-electron chi connectivity index (χ1n) is 8.53. The molecule has 2 saturated carbocycles. The first-order valence-corrected chi connectivity index (χ1v) is 8.53. The van der Waals surface area contributed by atoms with Crippen LogP contribution in [0.15, 0.2) is 18.3 Å². The van der Waals surface area contributed by atoms with Crippen LogP contribution in [0.1, 0.15) is 54.7 Å². The van der Waals surface area contributed by atoms with Crippen LogP contribution in [0.4, 0.5) is 8.78 Å². The van der Waals surface area contributed by atoms with Gasteiger partial charge in [0.25, 0.3) is 12.3 Å². The molecule has 1 atom stereocenters. The first kappa shape index (κ1) is 14.3. The summed E-state index contributed by atoms with van der Waals surface area (Å²) >= 11 is 0.